The lowest BCUT2D eigenvalue weighted by Crippen LogP contribution is -2.39. The number of carbonyl (C=O) groups excluding carboxylic acids is 1. The van der Waals surface area contributed by atoms with Crippen molar-refractivity contribution in [2.24, 2.45) is 5.92 Å². The fourth-order valence-corrected chi connectivity index (χ4v) is 3.93. The standard InChI is InChI=1S/C25H32N4O2S/c1-18(2)22(27-19-11-5-3-6-12-19)17-26-23(30)15-7-4-10-16-29-24(31)20-13-8-9-14-21(20)28-25(29)32/h3,5-6,8-9,11-14,18,22,27H,4,7,10,15-17H2,1-2H3,(H,26,30)(H,28,32). The fraction of sp³-hybridized carbons (Fsp3) is 0.400. The number of nitrogens with one attached hydrogen (secondary N) is 3. The Bertz CT molecular complexity index is 1140. The second kappa shape index (κ2) is 11.6. The van der Waals surface area contributed by atoms with Crippen molar-refractivity contribution in [3.8, 4) is 0 Å². The third kappa shape index (κ3) is 6.53. The Balaban J connectivity index is 1.41. The van der Waals surface area contributed by atoms with Crippen LogP contribution in [0.3, 0.4) is 0 Å². The summed E-state index contributed by atoms with van der Waals surface area (Å²) < 4.78 is 2.05. The van der Waals surface area contributed by atoms with Crippen LogP contribution in [0.25, 0.3) is 10.9 Å². The largest absolute Gasteiger partial charge is 0.380 e. The van der Waals surface area contributed by atoms with Crippen LogP contribution in [0.15, 0.2) is 59.4 Å². The molecule has 2 aromatic carbocycles. The van der Waals surface area contributed by atoms with Gasteiger partial charge in [0.15, 0.2) is 4.77 Å². The van der Waals surface area contributed by atoms with Gasteiger partial charge in [-0.15, -0.1) is 0 Å². The van der Waals surface area contributed by atoms with Crippen LogP contribution in [-0.4, -0.2) is 28.0 Å². The van der Waals surface area contributed by atoms with Crippen molar-refractivity contribution in [3.63, 3.8) is 0 Å². The Morgan fingerprint density at radius 2 is 1.75 bits per heavy atom. The molecule has 0 fully saturated rings. The summed E-state index contributed by atoms with van der Waals surface area (Å²) in [5.74, 6) is 0.450. The first kappa shape index (κ1) is 23.7. The number of carbonyl (C=O) groups is 1. The Morgan fingerprint density at radius 1 is 1.03 bits per heavy atom. The molecule has 3 rings (SSSR count). The number of aromatic amines is 1. The molecule has 32 heavy (non-hydrogen) atoms. The summed E-state index contributed by atoms with van der Waals surface area (Å²) in [6, 6.07) is 17.6. The fourth-order valence-electron chi connectivity index (χ4n) is 3.65. The van der Waals surface area contributed by atoms with Crippen molar-refractivity contribution in [2.75, 3.05) is 11.9 Å². The van der Waals surface area contributed by atoms with Gasteiger partial charge in [0.1, 0.15) is 0 Å². The van der Waals surface area contributed by atoms with E-state index in [0.717, 1.165) is 30.5 Å². The minimum atomic E-state index is -0.0623. The molecule has 0 aliphatic heterocycles. The van der Waals surface area contributed by atoms with Gasteiger partial charge < -0.3 is 15.6 Å². The van der Waals surface area contributed by atoms with Crippen LogP contribution in [0, 0.1) is 10.7 Å². The first-order chi connectivity index (χ1) is 15.5. The number of fused-ring (bicyclic) bond motifs is 1. The van der Waals surface area contributed by atoms with Crippen LogP contribution in [0.1, 0.15) is 39.5 Å². The van der Waals surface area contributed by atoms with E-state index in [1.807, 2.05) is 48.5 Å². The van der Waals surface area contributed by atoms with Crippen LogP contribution < -0.4 is 16.2 Å². The summed E-state index contributed by atoms with van der Waals surface area (Å²) in [6.07, 6.45) is 2.92. The lowest BCUT2D eigenvalue weighted by Gasteiger charge is -2.24. The summed E-state index contributed by atoms with van der Waals surface area (Å²) in [5.41, 5.74) is 1.76. The van der Waals surface area contributed by atoms with Gasteiger partial charge in [-0.3, -0.25) is 14.2 Å². The number of aromatic nitrogens is 2. The predicted molar refractivity (Wildman–Crippen MR) is 134 cm³/mol. The zero-order chi connectivity index (χ0) is 22.9. The third-order valence-corrected chi connectivity index (χ3v) is 5.95. The maximum atomic E-state index is 12.7. The molecule has 1 unspecified atom stereocenters. The van der Waals surface area contributed by atoms with E-state index in [9.17, 15) is 9.59 Å². The van der Waals surface area contributed by atoms with Crippen LogP contribution in [0.2, 0.25) is 0 Å². The quantitative estimate of drug-likeness (QED) is 0.286. The number of unbranched alkanes of at least 4 members (excludes halogenated alkanes) is 2. The van der Waals surface area contributed by atoms with Gasteiger partial charge >= 0.3 is 0 Å². The van der Waals surface area contributed by atoms with Crippen LogP contribution in [-0.2, 0) is 11.3 Å². The molecule has 0 aliphatic rings. The topological polar surface area (TPSA) is 78.9 Å². The molecule has 1 heterocycles. The van der Waals surface area contributed by atoms with Gasteiger partial charge in [-0.25, -0.2) is 0 Å². The van der Waals surface area contributed by atoms with Crippen molar-refractivity contribution in [1.82, 2.24) is 14.9 Å². The summed E-state index contributed by atoms with van der Waals surface area (Å²) in [6.45, 7) is 5.43. The van der Waals surface area contributed by atoms with Crippen molar-refractivity contribution in [1.29, 1.82) is 0 Å². The van der Waals surface area contributed by atoms with Gasteiger partial charge in [0.25, 0.3) is 5.56 Å². The maximum Gasteiger partial charge on any atom is 0.262 e. The van der Waals surface area contributed by atoms with Gasteiger partial charge in [-0.2, -0.15) is 0 Å². The normalized spacial score (nSPS) is 12.1. The molecule has 0 aliphatic carbocycles. The molecule has 3 N–H and O–H groups in total. The van der Waals surface area contributed by atoms with Gasteiger partial charge in [-0.05, 0) is 55.2 Å². The third-order valence-electron chi connectivity index (χ3n) is 5.62. The number of H-pyrrole nitrogens is 1. The minimum absolute atomic E-state index is 0.0608. The summed E-state index contributed by atoms with van der Waals surface area (Å²) in [7, 11) is 0. The molecule has 1 atom stereocenters. The Kier molecular flexibility index (Phi) is 8.62. The lowest BCUT2D eigenvalue weighted by molar-refractivity contribution is -0.121. The molecule has 1 amide bonds. The zero-order valence-electron chi connectivity index (χ0n) is 18.8. The van der Waals surface area contributed by atoms with E-state index in [4.69, 9.17) is 12.2 Å². The highest BCUT2D eigenvalue weighted by Gasteiger charge is 2.14. The maximum absolute atomic E-state index is 12.7. The SMILES string of the molecule is CC(C)C(CNC(=O)CCCCCn1c(=S)[nH]c2ccccc2c1=O)Nc1ccccc1. The summed E-state index contributed by atoms with van der Waals surface area (Å²) in [4.78, 5) is 28.1. The monoisotopic (exact) mass is 452 g/mol. The highest BCUT2D eigenvalue weighted by molar-refractivity contribution is 7.71. The Labute approximate surface area is 194 Å². The molecule has 0 saturated carbocycles. The van der Waals surface area contributed by atoms with E-state index in [-0.39, 0.29) is 17.5 Å². The number of hydrogen-bond acceptors (Lipinski definition) is 4. The number of hydrogen-bond donors (Lipinski definition) is 3. The molecule has 3 aromatic rings. The Morgan fingerprint density at radius 3 is 2.50 bits per heavy atom. The van der Waals surface area contributed by atoms with E-state index in [0.29, 0.717) is 35.6 Å². The molecule has 170 valence electrons. The number of para-hydroxylation sites is 2. The van der Waals surface area contributed by atoms with Gasteiger partial charge in [0, 0.05) is 31.2 Å². The molecular weight excluding hydrogens is 420 g/mol. The number of rotatable bonds is 11. The molecule has 0 bridgehead atoms. The van der Waals surface area contributed by atoms with Gasteiger partial charge in [-0.1, -0.05) is 50.6 Å². The smallest absolute Gasteiger partial charge is 0.262 e. The van der Waals surface area contributed by atoms with Gasteiger partial charge in [0.2, 0.25) is 5.91 Å². The van der Waals surface area contributed by atoms with E-state index >= 15 is 0 Å². The molecule has 1 aromatic heterocycles. The van der Waals surface area contributed by atoms with E-state index < -0.39 is 0 Å². The van der Waals surface area contributed by atoms with Crippen molar-refractivity contribution in [3.05, 3.63) is 69.7 Å². The molecule has 6 nitrogen and oxygen atoms in total. The molecule has 0 radical (unpaired) electrons. The highest BCUT2D eigenvalue weighted by Crippen LogP contribution is 2.12. The first-order valence-corrected chi connectivity index (χ1v) is 11.7. The molecule has 0 spiro atoms. The minimum Gasteiger partial charge on any atom is -0.380 e. The predicted octanol–water partition coefficient (Wildman–Crippen LogP) is 4.87. The highest BCUT2D eigenvalue weighted by atomic mass is 32.1. The molecular formula is C25H32N4O2S. The van der Waals surface area contributed by atoms with Crippen molar-refractivity contribution >= 4 is 34.7 Å². The number of benzene rings is 2. The second-order valence-electron chi connectivity index (χ2n) is 8.41. The zero-order valence-corrected chi connectivity index (χ0v) is 19.6. The average Bonchev–Trinajstić information content (AvgIpc) is 2.78. The van der Waals surface area contributed by atoms with E-state index in [1.54, 1.807) is 10.6 Å². The summed E-state index contributed by atoms with van der Waals surface area (Å²) in [5, 5.41) is 7.19. The number of amides is 1. The van der Waals surface area contributed by atoms with Gasteiger partial charge in [0.05, 0.1) is 10.9 Å². The van der Waals surface area contributed by atoms with Crippen molar-refractivity contribution in [2.45, 2.75) is 52.1 Å². The molecule has 0 saturated heterocycles. The Hall–Kier alpha value is -2.93. The number of nitrogens with zero attached hydrogens (tertiary/aromatic N) is 1. The van der Waals surface area contributed by atoms with E-state index in [2.05, 4.69) is 29.5 Å². The summed E-state index contributed by atoms with van der Waals surface area (Å²) >= 11 is 5.35. The second-order valence-corrected chi connectivity index (χ2v) is 8.79. The van der Waals surface area contributed by atoms with Crippen LogP contribution in [0.5, 0.6) is 0 Å². The van der Waals surface area contributed by atoms with E-state index in [1.165, 1.54) is 0 Å². The number of anilines is 1. The first-order valence-electron chi connectivity index (χ1n) is 11.3. The lowest BCUT2D eigenvalue weighted by atomic mass is 10.0. The van der Waals surface area contributed by atoms with Crippen LogP contribution >= 0.6 is 12.2 Å². The van der Waals surface area contributed by atoms with Crippen LogP contribution in [0.4, 0.5) is 5.69 Å². The molecule has 7 heteroatoms. The van der Waals surface area contributed by atoms with Crippen molar-refractivity contribution < 1.29 is 4.79 Å². The average molecular weight is 453 g/mol.